The van der Waals surface area contributed by atoms with Crippen LogP contribution in [-0.2, 0) is 21.0 Å². The van der Waals surface area contributed by atoms with Gasteiger partial charge in [0.05, 0.1) is 17.0 Å². The molecule has 1 aliphatic carbocycles. The van der Waals surface area contributed by atoms with Crippen molar-refractivity contribution in [3.8, 4) is 6.07 Å². The van der Waals surface area contributed by atoms with Crippen LogP contribution in [0.3, 0.4) is 0 Å². The second-order valence-electron chi connectivity index (χ2n) is 8.75. The maximum absolute atomic E-state index is 13.4. The van der Waals surface area contributed by atoms with Crippen LogP contribution in [0.25, 0.3) is 0 Å². The smallest absolute Gasteiger partial charge is 0.333 e. The fraction of sp³-hybridized carbons (Fsp3) is 0.391. The molecule has 184 valence electrons. The lowest BCUT2D eigenvalue weighted by Gasteiger charge is -2.15. The van der Waals surface area contributed by atoms with Crippen molar-refractivity contribution in [2.75, 3.05) is 11.9 Å². The molecule has 1 aliphatic rings. The Morgan fingerprint density at radius 2 is 2.17 bits per heavy atom. The molecule has 3 aromatic heterocycles. The molecule has 4 rings (SSSR count). The summed E-state index contributed by atoms with van der Waals surface area (Å²) in [5.74, 6) is 0.317. The van der Waals surface area contributed by atoms with Crippen LogP contribution in [0.5, 0.6) is 0 Å². The van der Waals surface area contributed by atoms with Gasteiger partial charge in [-0.1, -0.05) is 0 Å². The first-order valence-electron chi connectivity index (χ1n) is 11.1. The molecule has 0 spiro atoms. The molecule has 1 fully saturated rings. The molecule has 0 radical (unpaired) electrons. The number of nitrogens with zero attached hydrogens (tertiary/aromatic N) is 4. The number of nitrogens with one attached hydrogen (secondary N) is 1. The third-order valence-corrected chi connectivity index (χ3v) is 7.60. The van der Waals surface area contributed by atoms with Crippen molar-refractivity contribution < 1.29 is 17.4 Å². The molecule has 3 aromatic rings. The Bertz CT molecular complexity index is 1390. The third kappa shape index (κ3) is 6.12. The molecule has 35 heavy (non-hydrogen) atoms. The first-order chi connectivity index (χ1) is 16.6. The Balaban J connectivity index is 1.48. The van der Waals surface area contributed by atoms with E-state index in [1.807, 2.05) is 36.7 Å². The third-order valence-electron chi connectivity index (χ3n) is 6.04. The Morgan fingerprint density at radius 3 is 2.91 bits per heavy atom. The van der Waals surface area contributed by atoms with E-state index in [-0.39, 0.29) is 24.3 Å². The minimum atomic E-state index is -3.96. The van der Waals surface area contributed by atoms with Gasteiger partial charge in [-0.25, -0.2) is 15.1 Å². The number of hydrogen-bond donors (Lipinski definition) is 2. The molecule has 3 N–H and O–H groups in total. The van der Waals surface area contributed by atoms with E-state index in [0.717, 1.165) is 28.8 Å². The SMILES string of the molecule is Cc1cc(C#N)n(Cc2cc(C(=O)c3cncnc3N[C@H]3CC[C@@H](COS(N)(=O)=O)C3)sc2C)c1. The first-order valence-corrected chi connectivity index (χ1v) is 13.4. The van der Waals surface area contributed by atoms with Gasteiger partial charge in [0, 0.05) is 29.9 Å². The highest BCUT2D eigenvalue weighted by molar-refractivity contribution is 7.84. The van der Waals surface area contributed by atoms with Crippen molar-refractivity contribution in [2.24, 2.45) is 11.1 Å². The van der Waals surface area contributed by atoms with E-state index in [1.165, 1.54) is 23.9 Å². The van der Waals surface area contributed by atoms with Crippen LogP contribution < -0.4 is 10.5 Å². The number of rotatable bonds is 9. The van der Waals surface area contributed by atoms with Crippen LogP contribution in [0.2, 0.25) is 0 Å². The summed E-state index contributed by atoms with van der Waals surface area (Å²) >= 11 is 1.40. The summed E-state index contributed by atoms with van der Waals surface area (Å²) in [5, 5.41) is 17.6. The van der Waals surface area contributed by atoms with Crippen LogP contribution in [-0.4, -0.2) is 41.4 Å². The highest BCUT2D eigenvalue weighted by Crippen LogP contribution is 2.31. The number of nitrogens with two attached hydrogens (primary N) is 1. The standard InChI is InChI=1S/C23H26N6O4S2/c1-14-5-19(8-24)29(10-14)11-17-7-21(34-15(17)2)22(30)20-9-26-13-27-23(20)28-18-4-3-16(6-18)12-33-35(25,31)32/h5,7,9-10,13,16,18H,3-4,6,11-12H2,1-2H3,(H2,25,31,32)(H,26,27,28)/t16-,18+/m1/s1. The van der Waals surface area contributed by atoms with Gasteiger partial charge in [0.15, 0.2) is 0 Å². The van der Waals surface area contributed by atoms with Crippen LogP contribution >= 0.6 is 11.3 Å². The first kappa shape index (κ1) is 25.0. The second kappa shape index (κ2) is 10.2. The van der Waals surface area contributed by atoms with Crippen LogP contribution in [0.1, 0.15) is 56.2 Å². The number of carbonyl (C=O) groups excluding carboxylic acids is 1. The number of ketones is 1. The summed E-state index contributed by atoms with van der Waals surface area (Å²) in [5.41, 5.74) is 2.94. The summed E-state index contributed by atoms with van der Waals surface area (Å²) in [4.78, 5) is 23.3. The molecule has 0 unspecified atom stereocenters. The zero-order valence-electron chi connectivity index (χ0n) is 19.4. The fourth-order valence-corrected chi connectivity index (χ4v) is 5.71. The van der Waals surface area contributed by atoms with Gasteiger partial charge in [-0.3, -0.25) is 8.98 Å². The number of thiophene rings is 1. The van der Waals surface area contributed by atoms with Crippen molar-refractivity contribution in [3.63, 3.8) is 0 Å². The van der Waals surface area contributed by atoms with Gasteiger partial charge in [-0.2, -0.15) is 13.7 Å². The van der Waals surface area contributed by atoms with Gasteiger partial charge in [-0.05, 0) is 62.3 Å². The fourth-order valence-electron chi connectivity index (χ4n) is 4.34. The Labute approximate surface area is 208 Å². The Kier molecular flexibility index (Phi) is 7.32. The molecule has 2 atom stereocenters. The lowest BCUT2D eigenvalue weighted by Crippen LogP contribution is -2.22. The largest absolute Gasteiger partial charge is 0.367 e. The van der Waals surface area contributed by atoms with E-state index in [2.05, 4.69) is 21.4 Å². The molecule has 0 bridgehead atoms. The van der Waals surface area contributed by atoms with Crippen LogP contribution in [0, 0.1) is 31.1 Å². The highest BCUT2D eigenvalue weighted by atomic mass is 32.2. The lowest BCUT2D eigenvalue weighted by molar-refractivity contribution is 0.104. The van der Waals surface area contributed by atoms with E-state index in [1.54, 1.807) is 0 Å². The highest BCUT2D eigenvalue weighted by Gasteiger charge is 2.28. The topological polar surface area (TPSA) is 153 Å². The van der Waals surface area contributed by atoms with Crippen LogP contribution in [0.4, 0.5) is 5.82 Å². The minimum Gasteiger partial charge on any atom is -0.367 e. The van der Waals surface area contributed by atoms with Gasteiger partial charge in [0.25, 0.3) is 0 Å². The maximum Gasteiger partial charge on any atom is 0.333 e. The number of anilines is 1. The zero-order valence-corrected chi connectivity index (χ0v) is 21.0. The predicted octanol–water partition coefficient (Wildman–Crippen LogP) is 2.91. The van der Waals surface area contributed by atoms with Gasteiger partial charge in [0.2, 0.25) is 5.78 Å². The van der Waals surface area contributed by atoms with E-state index in [4.69, 9.17) is 9.32 Å². The van der Waals surface area contributed by atoms with E-state index >= 15 is 0 Å². The van der Waals surface area contributed by atoms with Crippen LogP contribution in [0.15, 0.2) is 30.9 Å². The molecule has 12 heteroatoms. The van der Waals surface area contributed by atoms with Gasteiger partial charge < -0.3 is 9.88 Å². The predicted molar refractivity (Wildman–Crippen MR) is 131 cm³/mol. The van der Waals surface area contributed by atoms with Crippen molar-refractivity contribution in [3.05, 3.63) is 63.0 Å². The summed E-state index contributed by atoms with van der Waals surface area (Å²) < 4.78 is 28.7. The van der Waals surface area contributed by atoms with Crippen molar-refractivity contribution >= 4 is 33.2 Å². The van der Waals surface area contributed by atoms with Gasteiger partial charge in [0.1, 0.15) is 23.9 Å². The van der Waals surface area contributed by atoms with Gasteiger partial charge in [-0.15, -0.1) is 11.3 Å². The van der Waals surface area contributed by atoms with Crippen molar-refractivity contribution in [2.45, 2.75) is 45.7 Å². The number of aryl methyl sites for hydroxylation is 2. The number of nitriles is 1. The zero-order chi connectivity index (χ0) is 25.2. The second-order valence-corrected chi connectivity index (χ2v) is 11.2. The Morgan fingerprint density at radius 1 is 1.37 bits per heavy atom. The van der Waals surface area contributed by atoms with Gasteiger partial charge >= 0.3 is 10.3 Å². The minimum absolute atomic E-state index is 0.0209. The molecule has 3 heterocycles. The normalized spacial score (nSPS) is 17.9. The summed E-state index contributed by atoms with van der Waals surface area (Å²) in [6.07, 6.45) is 7.05. The molecule has 0 saturated heterocycles. The number of aromatic nitrogens is 3. The molecule has 0 aliphatic heterocycles. The molecule has 1 saturated carbocycles. The summed E-state index contributed by atoms with van der Waals surface area (Å²) in [6, 6.07) is 5.93. The van der Waals surface area contributed by atoms with Crippen molar-refractivity contribution in [1.29, 1.82) is 5.26 Å². The van der Waals surface area contributed by atoms with E-state index < -0.39 is 10.3 Å². The van der Waals surface area contributed by atoms with E-state index in [9.17, 15) is 18.5 Å². The quantitative estimate of drug-likeness (QED) is 0.413. The average Bonchev–Trinajstić information content (AvgIpc) is 3.51. The molecule has 0 amide bonds. The Hall–Kier alpha value is -3.11. The summed E-state index contributed by atoms with van der Waals surface area (Å²) in [7, 11) is -3.96. The van der Waals surface area contributed by atoms with Crippen molar-refractivity contribution in [1.82, 2.24) is 14.5 Å². The maximum atomic E-state index is 13.4. The molecule has 0 aromatic carbocycles. The monoisotopic (exact) mass is 514 g/mol. The molecule has 10 nitrogen and oxygen atoms in total. The average molecular weight is 515 g/mol. The molecular weight excluding hydrogens is 488 g/mol. The lowest BCUT2D eigenvalue weighted by atomic mass is 10.1. The summed E-state index contributed by atoms with van der Waals surface area (Å²) in [6.45, 7) is 4.45. The molecular formula is C23H26N6O4S2. The number of hydrogen-bond acceptors (Lipinski definition) is 9. The van der Waals surface area contributed by atoms with E-state index in [0.29, 0.717) is 34.9 Å². The number of carbonyl (C=O) groups is 1.